The molecule has 1 aromatic heterocycles. The zero-order valence-electron chi connectivity index (χ0n) is 19.5. The number of non-ortho nitro benzene ring substituents is 1. The number of ether oxygens (including phenoxy) is 2. The van der Waals surface area contributed by atoms with Crippen molar-refractivity contribution in [2.45, 2.75) is 19.8 Å². The summed E-state index contributed by atoms with van der Waals surface area (Å²) in [5.74, 6) is 0.524. The van der Waals surface area contributed by atoms with Crippen molar-refractivity contribution in [2.75, 3.05) is 13.7 Å². The van der Waals surface area contributed by atoms with E-state index >= 15 is 0 Å². The van der Waals surface area contributed by atoms with Crippen LogP contribution in [0.3, 0.4) is 0 Å². The first kappa shape index (κ1) is 23.7. The SMILES string of the molecule is CCOC(=O)CCc1cc(-c2ccc(-c3ccc(OC)cc3)cc2)n(-c2ccc([N+](=O)[O-])cc2)n1. The van der Waals surface area contributed by atoms with Crippen LogP contribution < -0.4 is 4.74 Å². The van der Waals surface area contributed by atoms with Gasteiger partial charge in [-0.05, 0) is 48.4 Å². The molecule has 178 valence electrons. The Morgan fingerprint density at radius 1 is 0.943 bits per heavy atom. The van der Waals surface area contributed by atoms with Crippen molar-refractivity contribution >= 4 is 11.7 Å². The molecule has 4 aromatic rings. The molecule has 0 saturated heterocycles. The minimum atomic E-state index is -0.434. The lowest BCUT2D eigenvalue weighted by molar-refractivity contribution is -0.384. The lowest BCUT2D eigenvalue weighted by atomic mass is 10.0. The Balaban J connectivity index is 1.67. The van der Waals surface area contributed by atoms with Crippen LogP contribution in [0.2, 0.25) is 0 Å². The molecule has 0 amide bonds. The van der Waals surface area contributed by atoms with Crippen molar-refractivity contribution in [1.29, 1.82) is 0 Å². The summed E-state index contributed by atoms with van der Waals surface area (Å²) in [6, 6.07) is 24.1. The number of nitro groups is 1. The van der Waals surface area contributed by atoms with E-state index in [1.165, 1.54) is 12.1 Å². The second-order valence-electron chi connectivity index (χ2n) is 7.82. The molecule has 35 heavy (non-hydrogen) atoms. The van der Waals surface area contributed by atoms with E-state index in [0.29, 0.717) is 18.7 Å². The molecule has 0 spiro atoms. The van der Waals surface area contributed by atoms with Crippen LogP contribution in [0.1, 0.15) is 19.0 Å². The summed E-state index contributed by atoms with van der Waals surface area (Å²) in [4.78, 5) is 22.5. The van der Waals surface area contributed by atoms with Gasteiger partial charge in [-0.2, -0.15) is 5.10 Å². The molecule has 4 rings (SSSR count). The first-order chi connectivity index (χ1) is 17.0. The Morgan fingerprint density at radius 3 is 2.11 bits per heavy atom. The fraction of sp³-hybridized carbons (Fsp3) is 0.185. The third kappa shape index (κ3) is 5.55. The van der Waals surface area contributed by atoms with Gasteiger partial charge in [0, 0.05) is 24.1 Å². The monoisotopic (exact) mass is 471 g/mol. The number of esters is 1. The van der Waals surface area contributed by atoms with Crippen LogP contribution >= 0.6 is 0 Å². The molecule has 0 aliphatic carbocycles. The molecular weight excluding hydrogens is 446 g/mol. The number of rotatable bonds is 9. The first-order valence-electron chi connectivity index (χ1n) is 11.2. The highest BCUT2D eigenvalue weighted by molar-refractivity contribution is 5.71. The van der Waals surface area contributed by atoms with E-state index in [-0.39, 0.29) is 18.1 Å². The first-order valence-corrected chi connectivity index (χ1v) is 11.2. The highest BCUT2D eigenvalue weighted by Crippen LogP contribution is 2.29. The summed E-state index contributed by atoms with van der Waals surface area (Å²) in [6.45, 7) is 2.11. The third-order valence-corrected chi connectivity index (χ3v) is 5.56. The fourth-order valence-electron chi connectivity index (χ4n) is 3.75. The number of carbonyl (C=O) groups excluding carboxylic acids is 1. The molecular formula is C27H25N3O5. The Morgan fingerprint density at radius 2 is 1.54 bits per heavy atom. The number of benzene rings is 3. The van der Waals surface area contributed by atoms with Gasteiger partial charge in [-0.15, -0.1) is 0 Å². The number of aromatic nitrogens is 2. The molecule has 0 N–H and O–H groups in total. The van der Waals surface area contributed by atoms with Crippen molar-refractivity contribution in [3.05, 3.63) is 94.7 Å². The van der Waals surface area contributed by atoms with E-state index in [1.54, 1.807) is 30.8 Å². The van der Waals surface area contributed by atoms with Crippen molar-refractivity contribution < 1.29 is 19.2 Å². The summed E-state index contributed by atoms with van der Waals surface area (Å²) in [5, 5.41) is 15.7. The van der Waals surface area contributed by atoms with Gasteiger partial charge in [0.05, 0.1) is 42.1 Å². The van der Waals surface area contributed by atoms with Gasteiger partial charge in [-0.3, -0.25) is 14.9 Å². The molecule has 0 aliphatic rings. The maximum absolute atomic E-state index is 11.8. The summed E-state index contributed by atoms with van der Waals surface area (Å²) < 4.78 is 12.0. The average Bonchev–Trinajstić information content (AvgIpc) is 3.32. The van der Waals surface area contributed by atoms with Crippen LogP contribution in [-0.4, -0.2) is 34.4 Å². The molecule has 0 saturated carbocycles. The second kappa shape index (κ2) is 10.6. The molecule has 0 fully saturated rings. The molecule has 3 aromatic carbocycles. The van der Waals surface area contributed by atoms with Gasteiger partial charge in [0.25, 0.3) is 5.69 Å². The quantitative estimate of drug-likeness (QED) is 0.179. The number of hydrogen-bond donors (Lipinski definition) is 0. The van der Waals surface area contributed by atoms with Crippen LogP contribution in [0, 0.1) is 10.1 Å². The number of methoxy groups -OCH3 is 1. The fourth-order valence-corrected chi connectivity index (χ4v) is 3.75. The van der Waals surface area contributed by atoms with Gasteiger partial charge in [-0.1, -0.05) is 36.4 Å². The van der Waals surface area contributed by atoms with Crippen molar-refractivity contribution in [1.82, 2.24) is 9.78 Å². The minimum Gasteiger partial charge on any atom is -0.497 e. The number of carbonyl (C=O) groups is 1. The second-order valence-corrected chi connectivity index (χ2v) is 7.82. The smallest absolute Gasteiger partial charge is 0.306 e. The number of aryl methyl sites for hydroxylation is 1. The summed E-state index contributed by atoms with van der Waals surface area (Å²) in [7, 11) is 1.64. The number of hydrogen-bond acceptors (Lipinski definition) is 6. The standard InChI is InChI=1S/C27H25N3O5/c1-3-35-27(31)17-10-22-18-26(29(28-22)23-11-13-24(14-12-23)30(32)33)21-6-4-19(5-7-21)20-8-15-25(34-2)16-9-20/h4-9,11-16,18H,3,10,17H2,1-2H3. The van der Waals surface area contributed by atoms with Crippen LogP contribution in [0.5, 0.6) is 5.75 Å². The highest BCUT2D eigenvalue weighted by Gasteiger charge is 2.15. The van der Waals surface area contributed by atoms with Crippen LogP contribution in [-0.2, 0) is 16.0 Å². The van der Waals surface area contributed by atoms with Crippen LogP contribution in [0.4, 0.5) is 5.69 Å². The largest absolute Gasteiger partial charge is 0.497 e. The molecule has 0 unspecified atom stereocenters. The Bertz CT molecular complexity index is 1310. The molecule has 1 heterocycles. The van der Waals surface area contributed by atoms with E-state index in [9.17, 15) is 14.9 Å². The van der Waals surface area contributed by atoms with E-state index in [1.807, 2.05) is 54.6 Å². The predicted octanol–water partition coefficient (Wildman–Crippen LogP) is 5.62. The topological polar surface area (TPSA) is 96.5 Å². The maximum atomic E-state index is 11.8. The van der Waals surface area contributed by atoms with Crippen molar-refractivity contribution in [3.8, 4) is 33.8 Å². The van der Waals surface area contributed by atoms with Gasteiger partial charge >= 0.3 is 5.97 Å². The molecule has 0 radical (unpaired) electrons. The van der Waals surface area contributed by atoms with Crippen molar-refractivity contribution in [2.24, 2.45) is 0 Å². The van der Waals surface area contributed by atoms with Crippen LogP contribution in [0.25, 0.3) is 28.1 Å². The summed E-state index contributed by atoms with van der Waals surface area (Å²) in [6.07, 6.45) is 0.650. The third-order valence-electron chi connectivity index (χ3n) is 5.56. The van der Waals surface area contributed by atoms with E-state index in [4.69, 9.17) is 9.47 Å². The number of nitro benzene ring substituents is 1. The van der Waals surface area contributed by atoms with Gasteiger partial charge < -0.3 is 9.47 Å². The van der Waals surface area contributed by atoms with E-state index < -0.39 is 4.92 Å². The van der Waals surface area contributed by atoms with Gasteiger partial charge in [0.1, 0.15) is 5.75 Å². The zero-order valence-corrected chi connectivity index (χ0v) is 19.5. The van der Waals surface area contributed by atoms with Gasteiger partial charge in [-0.25, -0.2) is 4.68 Å². The molecule has 0 bridgehead atoms. The van der Waals surface area contributed by atoms with Gasteiger partial charge in [0.15, 0.2) is 0 Å². The predicted molar refractivity (Wildman–Crippen MR) is 133 cm³/mol. The van der Waals surface area contributed by atoms with E-state index in [0.717, 1.165) is 33.8 Å². The Kier molecular flexibility index (Phi) is 7.21. The molecule has 0 atom stereocenters. The average molecular weight is 472 g/mol. The Labute approximate surface area is 202 Å². The van der Waals surface area contributed by atoms with Crippen molar-refractivity contribution in [3.63, 3.8) is 0 Å². The lowest BCUT2D eigenvalue weighted by Gasteiger charge is -2.09. The van der Waals surface area contributed by atoms with E-state index in [2.05, 4.69) is 5.10 Å². The number of nitrogens with zero attached hydrogens (tertiary/aromatic N) is 3. The minimum absolute atomic E-state index is 0.00818. The maximum Gasteiger partial charge on any atom is 0.306 e. The summed E-state index contributed by atoms with van der Waals surface area (Å²) >= 11 is 0. The normalized spacial score (nSPS) is 10.7. The molecule has 0 aliphatic heterocycles. The molecule has 8 heteroatoms. The lowest BCUT2D eigenvalue weighted by Crippen LogP contribution is -2.06. The molecule has 8 nitrogen and oxygen atoms in total. The summed E-state index contributed by atoms with van der Waals surface area (Å²) in [5.41, 5.74) is 5.29. The van der Waals surface area contributed by atoms with Crippen LogP contribution in [0.15, 0.2) is 78.9 Å². The Hall–Kier alpha value is -4.46. The van der Waals surface area contributed by atoms with Gasteiger partial charge in [0.2, 0.25) is 0 Å². The zero-order chi connectivity index (χ0) is 24.8. The highest BCUT2D eigenvalue weighted by atomic mass is 16.6.